The van der Waals surface area contributed by atoms with Crippen molar-refractivity contribution in [3.05, 3.63) is 27.4 Å². The Morgan fingerprint density at radius 2 is 2.50 bits per heavy atom. The van der Waals surface area contributed by atoms with Crippen LogP contribution in [0.3, 0.4) is 0 Å². The molecule has 0 fully saturated rings. The Bertz CT molecular complexity index is 229. The first-order valence-corrected chi connectivity index (χ1v) is 4.10. The van der Waals surface area contributed by atoms with Gasteiger partial charge in [0.2, 0.25) is 0 Å². The minimum absolute atomic E-state index is 0.0617. The van der Waals surface area contributed by atoms with Crippen LogP contribution in [0.1, 0.15) is 5.56 Å². The predicted molar refractivity (Wildman–Crippen MR) is 45.4 cm³/mol. The van der Waals surface area contributed by atoms with Gasteiger partial charge in [-0.3, -0.25) is 0 Å². The van der Waals surface area contributed by atoms with Gasteiger partial charge in [0.15, 0.2) is 0 Å². The van der Waals surface area contributed by atoms with Gasteiger partial charge in [0.05, 0.1) is 6.61 Å². The van der Waals surface area contributed by atoms with Crippen LogP contribution < -0.4 is 0 Å². The van der Waals surface area contributed by atoms with Crippen molar-refractivity contribution >= 4 is 29.0 Å². The first-order chi connectivity index (χ1) is 4.84. The monoisotopic (exact) mass is 174 g/mol. The average Bonchev–Trinajstić information content (AvgIpc) is 2.31. The molecule has 0 aliphatic heterocycles. The number of hydrogen-bond acceptors (Lipinski definition) is 2. The van der Waals surface area contributed by atoms with Crippen LogP contribution in [0.2, 0.25) is 4.34 Å². The number of hydrogen-bond donors (Lipinski definition) is 1. The first-order valence-electron chi connectivity index (χ1n) is 2.85. The number of halogens is 1. The molecule has 1 N–H and O–H groups in total. The summed E-state index contributed by atoms with van der Waals surface area (Å²) in [5.41, 5.74) is 0.973. The fraction of sp³-hybridized carbons (Fsp3) is 0.143. The van der Waals surface area contributed by atoms with Crippen LogP contribution in [0, 0.1) is 0 Å². The molecule has 54 valence electrons. The van der Waals surface area contributed by atoms with Gasteiger partial charge in [0.25, 0.3) is 0 Å². The zero-order valence-corrected chi connectivity index (χ0v) is 6.82. The zero-order chi connectivity index (χ0) is 7.40. The third-order valence-corrected chi connectivity index (χ3v) is 2.25. The molecule has 10 heavy (non-hydrogen) atoms. The van der Waals surface area contributed by atoms with Crippen LogP contribution in [-0.4, -0.2) is 11.7 Å². The Kier molecular flexibility index (Phi) is 2.93. The van der Waals surface area contributed by atoms with Gasteiger partial charge in [-0.1, -0.05) is 23.8 Å². The summed E-state index contributed by atoms with van der Waals surface area (Å²) < 4.78 is 0.768. The number of aliphatic hydroxyl groups is 1. The van der Waals surface area contributed by atoms with E-state index < -0.39 is 0 Å². The molecule has 0 saturated heterocycles. The van der Waals surface area contributed by atoms with Gasteiger partial charge in [-0.2, -0.15) is 0 Å². The average molecular weight is 175 g/mol. The largest absolute Gasteiger partial charge is 0.392 e. The van der Waals surface area contributed by atoms with E-state index in [1.165, 1.54) is 11.3 Å². The molecule has 0 unspecified atom stereocenters. The van der Waals surface area contributed by atoms with Gasteiger partial charge < -0.3 is 5.11 Å². The molecule has 0 aromatic carbocycles. The lowest BCUT2D eigenvalue weighted by Gasteiger charge is -1.84. The number of aliphatic hydroxyl groups excluding tert-OH is 1. The lowest BCUT2D eigenvalue weighted by atomic mass is 10.3. The molecule has 1 nitrogen and oxygen atoms in total. The highest BCUT2D eigenvalue weighted by molar-refractivity contribution is 7.14. The van der Waals surface area contributed by atoms with E-state index in [-0.39, 0.29) is 6.61 Å². The molecule has 3 heteroatoms. The molecular formula is C7H7ClOS. The summed E-state index contributed by atoms with van der Waals surface area (Å²) in [6.45, 7) is 0.0617. The molecule has 1 aromatic rings. The van der Waals surface area contributed by atoms with Gasteiger partial charge in [0.1, 0.15) is 4.34 Å². The predicted octanol–water partition coefficient (Wildman–Crippen LogP) is 2.41. The number of thiophene rings is 1. The molecule has 0 radical (unpaired) electrons. The van der Waals surface area contributed by atoms with E-state index in [1.54, 1.807) is 12.2 Å². The van der Waals surface area contributed by atoms with E-state index in [2.05, 4.69) is 0 Å². The molecular weight excluding hydrogens is 168 g/mol. The third kappa shape index (κ3) is 1.84. The highest BCUT2D eigenvalue weighted by atomic mass is 35.5. The van der Waals surface area contributed by atoms with Gasteiger partial charge in [-0.25, -0.2) is 0 Å². The van der Waals surface area contributed by atoms with E-state index >= 15 is 0 Å². The second-order valence-corrected chi connectivity index (χ2v) is 3.25. The van der Waals surface area contributed by atoms with Crippen molar-refractivity contribution < 1.29 is 5.11 Å². The second-order valence-electron chi connectivity index (χ2n) is 1.73. The van der Waals surface area contributed by atoms with Crippen LogP contribution in [0.5, 0.6) is 0 Å². The minimum Gasteiger partial charge on any atom is -0.392 e. The van der Waals surface area contributed by atoms with E-state index in [1.807, 2.05) is 11.4 Å². The summed E-state index contributed by atoms with van der Waals surface area (Å²) in [4.78, 5) is 0. The Labute approximate surface area is 68.6 Å². The van der Waals surface area contributed by atoms with Crippen molar-refractivity contribution in [2.24, 2.45) is 0 Å². The zero-order valence-electron chi connectivity index (χ0n) is 5.25. The quantitative estimate of drug-likeness (QED) is 0.730. The highest BCUT2D eigenvalue weighted by Crippen LogP contribution is 2.23. The van der Waals surface area contributed by atoms with Gasteiger partial charge >= 0.3 is 0 Å². The summed E-state index contributed by atoms with van der Waals surface area (Å²) >= 11 is 7.25. The summed E-state index contributed by atoms with van der Waals surface area (Å²) in [6.07, 6.45) is 3.47. The van der Waals surface area contributed by atoms with Crippen molar-refractivity contribution in [3.63, 3.8) is 0 Å². The summed E-state index contributed by atoms with van der Waals surface area (Å²) in [7, 11) is 0. The molecule has 0 atom stereocenters. The smallest absolute Gasteiger partial charge is 0.100 e. The summed E-state index contributed by atoms with van der Waals surface area (Å²) in [6, 6.07) is 1.92. The molecule has 1 rings (SSSR count). The first kappa shape index (κ1) is 7.79. The topological polar surface area (TPSA) is 20.2 Å². The molecule has 0 bridgehead atoms. The molecule has 0 aliphatic rings. The van der Waals surface area contributed by atoms with Crippen molar-refractivity contribution in [1.29, 1.82) is 0 Å². The van der Waals surface area contributed by atoms with Crippen molar-refractivity contribution in [1.82, 2.24) is 0 Å². The fourth-order valence-corrected chi connectivity index (χ4v) is 1.49. The van der Waals surface area contributed by atoms with E-state index in [4.69, 9.17) is 16.7 Å². The minimum atomic E-state index is 0.0617. The highest BCUT2D eigenvalue weighted by Gasteiger charge is 1.94. The fourth-order valence-electron chi connectivity index (χ4n) is 0.601. The van der Waals surface area contributed by atoms with Crippen molar-refractivity contribution in [3.8, 4) is 0 Å². The van der Waals surface area contributed by atoms with Crippen LogP contribution in [-0.2, 0) is 0 Å². The Hall–Kier alpha value is -0.310. The molecule has 1 heterocycles. The molecule has 0 aliphatic carbocycles. The van der Waals surface area contributed by atoms with E-state index in [0.717, 1.165) is 9.90 Å². The van der Waals surface area contributed by atoms with Gasteiger partial charge in [-0.05, 0) is 11.4 Å². The molecule has 0 amide bonds. The number of rotatable bonds is 2. The Morgan fingerprint density at radius 3 is 3.00 bits per heavy atom. The summed E-state index contributed by atoms with van der Waals surface area (Å²) in [5.74, 6) is 0. The van der Waals surface area contributed by atoms with Crippen LogP contribution in [0.15, 0.2) is 17.5 Å². The van der Waals surface area contributed by atoms with Crippen molar-refractivity contribution in [2.45, 2.75) is 0 Å². The van der Waals surface area contributed by atoms with Gasteiger partial charge in [0, 0.05) is 5.56 Å². The molecule has 0 spiro atoms. The maximum absolute atomic E-state index is 8.43. The molecule has 0 saturated carbocycles. The Balaban J connectivity index is 2.74. The molecule has 1 aromatic heterocycles. The van der Waals surface area contributed by atoms with Gasteiger partial charge in [-0.15, -0.1) is 11.3 Å². The lowest BCUT2D eigenvalue weighted by Crippen LogP contribution is -1.70. The van der Waals surface area contributed by atoms with Crippen LogP contribution >= 0.6 is 22.9 Å². The third-order valence-electron chi connectivity index (χ3n) is 1.05. The van der Waals surface area contributed by atoms with Crippen LogP contribution in [0.4, 0.5) is 0 Å². The van der Waals surface area contributed by atoms with E-state index in [9.17, 15) is 0 Å². The maximum atomic E-state index is 8.43. The standard InChI is InChI=1S/C7H7ClOS/c8-7-6(2-1-4-9)3-5-10-7/h1-3,5,9H,4H2. The van der Waals surface area contributed by atoms with Crippen molar-refractivity contribution in [2.75, 3.05) is 6.61 Å². The van der Waals surface area contributed by atoms with Crippen LogP contribution in [0.25, 0.3) is 6.08 Å². The SMILES string of the molecule is OCC=Cc1ccsc1Cl. The Morgan fingerprint density at radius 1 is 1.70 bits per heavy atom. The lowest BCUT2D eigenvalue weighted by molar-refractivity contribution is 0.343. The second kappa shape index (κ2) is 3.76. The normalized spacial score (nSPS) is 11.0. The summed E-state index contributed by atoms with van der Waals surface area (Å²) in [5, 5.41) is 10.3. The van der Waals surface area contributed by atoms with E-state index in [0.29, 0.717) is 0 Å². The maximum Gasteiger partial charge on any atom is 0.100 e.